The van der Waals surface area contributed by atoms with Gasteiger partial charge < -0.3 is 5.11 Å². The third-order valence-electron chi connectivity index (χ3n) is 3.03. The summed E-state index contributed by atoms with van der Waals surface area (Å²) in [5, 5.41) is 16.2. The normalized spacial score (nSPS) is 16.2. The summed E-state index contributed by atoms with van der Waals surface area (Å²) < 4.78 is 1.60. The third kappa shape index (κ3) is 2.43. The van der Waals surface area contributed by atoms with Crippen molar-refractivity contribution in [2.45, 2.75) is 12.6 Å². The topological polar surface area (TPSA) is 97.0 Å². The molecule has 2 aromatic heterocycles. The molecule has 2 aromatic rings. The van der Waals surface area contributed by atoms with Crippen LogP contribution in [-0.4, -0.2) is 54.0 Å². The number of carbonyl (C=O) groups is 1. The highest BCUT2D eigenvalue weighted by atomic mass is 16.4. The number of hydrogen-bond donors (Lipinski definition) is 1. The Labute approximate surface area is 108 Å². The molecule has 1 aliphatic heterocycles. The number of hydrogen-bond acceptors (Lipinski definition) is 6. The van der Waals surface area contributed by atoms with E-state index in [0.717, 1.165) is 18.9 Å². The van der Waals surface area contributed by atoms with Crippen LogP contribution in [-0.2, 0) is 6.54 Å². The van der Waals surface area contributed by atoms with Gasteiger partial charge in [-0.1, -0.05) is 5.21 Å². The predicted octanol–water partition coefficient (Wildman–Crippen LogP) is -0.177. The van der Waals surface area contributed by atoms with Crippen LogP contribution < -0.4 is 0 Å². The van der Waals surface area contributed by atoms with Crippen LogP contribution in [0.1, 0.15) is 22.4 Å². The van der Waals surface area contributed by atoms with Crippen molar-refractivity contribution in [2.75, 3.05) is 13.1 Å². The minimum absolute atomic E-state index is 0.0233. The van der Waals surface area contributed by atoms with Gasteiger partial charge in [0, 0.05) is 25.5 Å². The molecule has 1 saturated heterocycles. The molecular formula is C11H12N6O2. The second-order valence-electron chi connectivity index (χ2n) is 4.40. The van der Waals surface area contributed by atoms with Gasteiger partial charge in [0.15, 0.2) is 5.69 Å². The molecule has 0 radical (unpaired) electrons. The van der Waals surface area contributed by atoms with Crippen LogP contribution in [0.5, 0.6) is 0 Å². The van der Waals surface area contributed by atoms with Crippen molar-refractivity contribution < 1.29 is 9.90 Å². The highest BCUT2D eigenvalue weighted by Crippen LogP contribution is 2.21. The second-order valence-corrected chi connectivity index (χ2v) is 4.40. The zero-order valence-electron chi connectivity index (χ0n) is 10.0. The van der Waals surface area contributed by atoms with Crippen molar-refractivity contribution in [3.8, 4) is 0 Å². The van der Waals surface area contributed by atoms with Crippen molar-refractivity contribution in [1.29, 1.82) is 0 Å². The summed E-state index contributed by atoms with van der Waals surface area (Å²) in [6, 6.07) is 1.95. The summed E-state index contributed by atoms with van der Waals surface area (Å²) in [7, 11) is 0. The molecule has 0 aromatic carbocycles. The van der Waals surface area contributed by atoms with Crippen molar-refractivity contribution in [3.05, 3.63) is 36.2 Å². The molecule has 98 valence electrons. The number of rotatable bonds is 4. The van der Waals surface area contributed by atoms with Crippen molar-refractivity contribution in [2.24, 2.45) is 0 Å². The minimum Gasteiger partial charge on any atom is -0.476 e. The maximum absolute atomic E-state index is 10.7. The molecule has 3 heterocycles. The second kappa shape index (κ2) is 4.73. The molecule has 1 N–H and O–H groups in total. The summed E-state index contributed by atoms with van der Waals surface area (Å²) >= 11 is 0. The summed E-state index contributed by atoms with van der Waals surface area (Å²) in [4.78, 5) is 21.2. The van der Waals surface area contributed by atoms with Crippen molar-refractivity contribution in [1.82, 2.24) is 29.9 Å². The van der Waals surface area contributed by atoms with Gasteiger partial charge in [-0.05, 0) is 6.07 Å². The zero-order valence-corrected chi connectivity index (χ0v) is 10.0. The van der Waals surface area contributed by atoms with Gasteiger partial charge in [0.05, 0.1) is 18.8 Å². The number of aromatic carboxylic acids is 1. The predicted molar refractivity (Wildman–Crippen MR) is 63.3 cm³/mol. The van der Waals surface area contributed by atoms with Crippen LogP contribution >= 0.6 is 0 Å². The monoisotopic (exact) mass is 260 g/mol. The number of carboxylic acid groups (broad SMARTS) is 1. The molecule has 0 unspecified atom stereocenters. The minimum atomic E-state index is -1.06. The number of likely N-dealkylation sites (tertiary alicyclic amines) is 1. The fourth-order valence-corrected chi connectivity index (χ4v) is 2.00. The smallest absolute Gasteiger partial charge is 0.358 e. The molecule has 0 aliphatic carbocycles. The SMILES string of the molecule is O=C(O)c1cn(C2CN(Cc3ncccn3)C2)nn1. The Morgan fingerprint density at radius 1 is 1.37 bits per heavy atom. The highest BCUT2D eigenvalue weighted by Gasteiger charge is 2.30. The third-order valence-corrected chi connectivity index (χ3v) is 3.03. The fourth-order valence-electron chi connectivity index (χ4n) is 2.00. The van der Waals surface area contributed by atoms with Gasteiger partial charge in [-0.2, -0.15) is 0 Å². The Balaban J connectivity index is 1.56. The first-order chi connectivity index (χ1) is 9.22. The molecule has 3 rings (SSSR count). The lowest BCUT2D eigenvalue weighted by molar-refractivity contribution is 0.0690. The van der Waals surface area contributed by atoms with Crippen LogP contribution in [0.2, 0.25) is 0 Å². The largest absolute Gasteiger partial charge is 0.476 e. The summed E-state index contributed by atoms with van der Waals surface area (Å²) in [6.45, 7) is 2.28. The summed E-state index contributed by atoms with van der Waals surface area (Å²) in [5.74, 6) is -0.272. The Bertz CT molecular complexity index is 578. The first kappa shape index (κ1) is 11.7. The van der Waals surface area contributed by atoms with Gasteiger partial charge in [-0.3, -0.25) is 4.90 Å². The highest BCUT2D eigenvalue weighted by molar-refractivity contribution is 5.84. The molecule has 1 fully saturated rings. The van der Waals surface area contributed by atoms with Crippen LogP contribution in [0.15, 0.2) is 24.7 Å². The summed E-state index contributed by atoms with van der Waals surface area (Å²) in [5.41, 5.74) is -0.0233. The Kier molecular flexibility index (Phi) is 2.92. The Morgan fingerprint density at radius 3 is 2.74 bits per heavy atom. The van der Waals surface area contributed by atoms with Gasteiger partial charge in [0.25, 0.3) is 0 Å². The number of nitrogens with zero attached hydrogens (tertiary/aromatic N) is 6. The van der Waals surface area contributed by atoms with E-state index in [1.54, 1.807) is 23.1 Å². The molecule has 0 amide bonds. The molecule has 8 nitrogen and oxygen atoms in total. The Hall–Kier alpha value is -2.35. The number of aromatic nitrogens is 5. The quantitative estimate of drug-likeness (QED) is 0.814. The average Bonchev–Trinajstić information content (AvgIpc) is 2.84. The van der Waals surface area contributed by atoms with Crippen molar-refractivity contribution in [3.63, 3.8) is 0 Å². The van der Waals surface area contributed by atoms with Crippen molar-refractivity contribution >= 4 is 5.97 Å². The van der Waals surface area contributed by atoms with Gasteiger partial charge in [-0.15, -0.1) is 5.10 Å². The van der Waals surface area contributed by atoms with E-state index in [4.69, 9.17) is 5.11 Å². The average molecular weight is 260 g/mol. The van der Waals surface area contributed by atoms with E-state index in [9.17, 15) is 4.79 Å². The van der Waals surface area contributed by atoms with Gasteiger partial charge in [-0.25, -0.2) is 19.4 Å². The number of carboxylic acids is 1. The maximum Gasteiger partial charge on any atom is 0.358 e. The zero-order chi connectivity index (χ0) is 13.2. The molecule has 1 aliphatic rings. The standard InChI is InChI=1S/C11H12N6O2/c18-11(19)9-6-17(15-14-9)8-4-16(5-8)7-10-12-2-1-3-13-10/h1-3,6,8H,4-5,7H2,(H,18,19). The molecule has 0 saturated carbocycles. The van der Waals surface area contributed by atoms with E-state index in [1.807, 2.05) is 0 Å². The first-order valence-electron chi connectivity index (χ1n) is 5.86. The molecule has 0 atom stereocenters. The van der Waals surface area contributed by atoms with Gasteiger partial charge in [0.1, 0.15) is 5.82 Å². The van der Waals surface area contributed by atoms with E-state index in [-0.39, 0.29) is 11.7 Å². The van der Waals surface area contributed by atoms with Crippen LogP contribution in [0, 0.1) is 0 Å². The van der Waals surface area contributed by atoms with Crippen LogP contribution in [0.3, 0.4) is 0 Å². The van der Waals surface area contributed by atoms with Gasteiger partial charge in [0.2, 0.25) is 0 Å². The lowest BCUT2D eigenvalue weighted by Crippen LogP contribution is -2.47. The molecule has 0 spiro atoms. The van der Waals surface area contributed by atoms with Crippen LogP contribution in [0.4, 0.5) is 0 Å². The fraction of sp³-hybridized carbons (Fsp3) is 0.364. The first-order valence-corrected chi connectivity index (χ1v) is 5.86. The Morgan fingerprint density at radius 2 is 2.11 bits per heavy atom. The van der Waals surface area contributed by atoms with E-state index in [1.165, 1.54) is 6.20 Å². The van der Waals surface area contributed by atoms with E-state index < -0.39 is 5.97 Å². The molecule has 8 heteroatoms. The molecule has 19 heavy (non-hydrogen) atoms. The van der Waals surface area contributed by atoms with E-state index in [0.29, 0.717) is 6.54 Å². The van der Waals surface area contributed by atoms with E-state index in [2.05, 4.69) is 25.2 Å². The van der Waals surface area contributed by atoms with E-state index >= 15 is 0 Å². The molecule has 0 bridgehead atoms. The van der Waals surface area contributed by atoms with Crippen LogP contribution in [0.25, 0.3) is 0 Å². The molecular weight excluding hydrogens is 248 g/mol. The lowest BCUT2D eigenvalue weighted by Gasteiger charge is -2.38. The van der Waals surface area contributed by atoms with Gasteiger partial charge >= 0.3 is 5.97 Å². The maximum atomic E-state index is 10.7. The summed E-state index contributed by atoms with van der Waals surface area (Å²) in [6.07, 6.45) is 4.90. The lowest BCUT2D eigenvalue weighted by atomic mass is 10.1.